The molecule has 1 heterocycles. The lowest BCUT2D eigenvalue weighted by Gasteiger charge is -2.38. The number of urea groups is 1. The first-order valence-corrected chi connectivity index (χ1v) is 17.6. The lowest BCUT2D eigenvalue weighted by Crippen LogP contribution is -2.53. The first-order valence-electron chi connectivity index (χ1n) is 17.6. The van der Waals surface area contributed by atoms with E-state index in [4.69, 9.17) is 9.47 Å². The van der Waals surface area contributed by atoms with E-state index in [2.05, 4.69) is 22.5 Å². The molecule has 1 saturated heterocycles. The highest BCUT2D eigenvalue weighted by atomic mass is 16.5. The molecule has 0 aromatic carbocycles. The van der Waals surface area contributed by atoms with E-state index >= 15 is 0 Å². The minimum atomic E-state index is -0.429. The molecule has 1 aliphatic heterocycles. The Bertz CT molecular complexity index is 721. The molecule has 0 radical (unpaired) electrons. The molecular formula is C34H66N4O5. The van der Waals surface area contributed by atoms with E-state index in [1.54, 1.807) is 4.90 Å². The van der Waals surface area contributed by atoms with Crippen molar-refractivity contribution in [3.63, 3.8) is 0 Å². The number of amides is 3. The molecule has 1 fully saturated rings. The number of unbranched alkanes of at least 4 members (excludes halogenated alkanes) is 15. The molecule has 0 bridgehead atoms. The van der Waals surface area contributed by atoms with Gasteiger partial charge >= 0.3 is 18.1 Å². The molecular weight excluding hydrogens is 544 g/mol. The predicted molar refractivity (Wildman–Crippen MR) is 175 cm³/mol. The molecule has 9 heteroatoms. The van der Waals surface area contributed by atoms with Crippen LogP contribution in [0, 0.1) is 5.92 Å². The number of likely N-dealkylation sites (tertiary alicyclic amines) is 1. The van der Waals surface area contributed by atoms with Gasteiger partial charge in [-0.25, -0.2) is 9.59 Å². The summed E-state index contributed by atoms with van der Waals surface area (Å²) in [5.41, 5.74) is 0. The molecule has 1 aliphatic rings. The maximum Gasteiger partial charge on any atom is 0.407 e. The molecule has 2 unspecified atom stereocenters. The quantitative estimate of drug-likeness (QED) is 0.0832. The number of carbonyl (C=O) groups is 3. The monoisotopic (exact) mass is 611 g/mol. The van der Waals surface area contributed by atoms with Crippen molar-refractivity contribution in [3.05, 3.63) is 0 Å². The summed E-state index contributed by atoms with van der Waals surface area (Å²) in [6.07, 6.45) is 23.4. The molecule has 43 heavy (non-hydrogen) atoms. The van der Waals surface area contributed by atoms with Gasteiger partial charge in [-0.1, -0.05) is 103 Å². The molecule has 252 valence electrons. The van der Waals surface area contributed by atoms with E-state index in [0.29, 0.717) is 38.9 Å². The van der Waals surface area contributed by atoms with Gasteiger partial charge in [0.1, 0.15) is 0 Å². The number of hydrogen-bond acceptors (Lipinski definition) is 6. The average molecular weight is 611 g/mol. The van der Waals surface area contributed by atoms with Crippen LogP contribution in [0.15, 0.2) is 0 Å². The third-order valence-corrected chi connectivity index (χ3v) is 8.54. The molecule has 1 rings (SSSR count). The number of nitrogens with zero attached hydrogens (tertiary/aromatic N) is 2. The second-order valence-electron chi connectivity index (χ2n) is 12.6. The lowest BCUT2D eigenvalue weighted by atomic mass is 9.91. The Labute approximate surface area is 263 Å². The molecule has 2 N–H and O–H groups in total. The Kier molecular flexibility index (Phi) is 23.9. The van der Waals surface area contributed by atoms with Crippen molar-refractivity contribution in [2.45, 2.75) is 141 Å². The minimum Gasteiger partial charge on any atom is -0.469 e. The molecule has 2 atom stereocenters. The topological polar surface area (TPSA) is 100 Å². The van der Waals surface area contributed by atoms with Crippen LogP contribution in [0.25, 0.3) is 0 Å². The van der Waals surface area contributed by atoms with E-state index in [1.165, 1.54) is 97.0 Å². The molecule has 0 saturated carbocycles. The van der Waals surface area contributed by atoms with Crippen molar-refractivity contribution >= 4 is 18.1 Å². The van der Waals surface area contributed by atoms with Crippen molar-refractivity contribution in [3.8, 4) is 0 Å². The van der Waals surface area contributed by atoms with E-state index in [0.717, 1.165) is 25.8 Å². The summed E-state index contributed by atoms with van der Waals surface area (Å²) in [7, 11) is 5.38. The van der Waals surface area contributed by atoms with Crippen molar-refractivity contribution in [2.24, 2.45) is 5.92 Å². The van der Waals surface area contributed by atoms with Gasteiger partial charge in [-0.3, -0.25) is 4.79 Å². The molecule has 3 amide bonds. The fourth-order valence-corrected chi connectivity index (χ4v) is 5.83. The Balaban J connectivity index is 2.19. The maximum absolute atomic E-state index is 13.1. The number of methoxy groups -OCH3 is 1. The summed E-state index contributed by atoms with van der Waals surface area (Å²) in [6.45, 7) is 4.93. The van der Waals surface area contributed by atoms with Gasteiger partial charge in [-0.15, -0.1) is 0 Å². The van der Waals surface area contributed by atoms with Crippen LogP contribution in [-0.4, -0.2) is 87.9 Å². The van der Waals surface area contributed by atoms with E-state index in [-0.39, 0.29) is 30.6 Å². The third kappa shape index (κ3) is 20.5. The van der Waals surface area contributed by atoms with Gasteiger partial charge < -0.3 is 29.9 Å². The number of hydrogen-bond donors (Lipinski definition) is 2. The number of esters is 1. The van der Waals surface area contributed by atoms with Gasteiger partial charge in [-0.05, 0) is 46.3 Å². The van der Waals surface area contributed by atoms with Crippen LogP contribution in [0.2, 0.25) is 0 Å². The largest absolute Gasteiger partial charge is 0.469 e. The number of rotatable bonds is 25. The number of carbonyl (C=O) groups excluding carboxylic acids is 3. The standard InChI is InChI=1S/C34H66N4O5/c1-5-6-7-8-9-10-11-12-13-14-15-16-17-18-19-20-25-35-33(40)38-29-30(32(39)42-4)22-23-31(38)24-28-43-34(41)36-26-21-27-37(2)3/h30-31H,5-29H2,1-4H3,(H,35,40)(H,36,41). The van der Waals surface area contributed by atoms with E-state index < -0.39 is 6.09 Å². The maximum atomic E-state index is 13.1. The molecule has 0 aromatic rings. The van der Waals surface area contributed by atoms with Gasteiger partial charge in [0.05, 0.1) is 19.6 Å². The molecule has 0 aromatic heterocycles. The third-order valence-electron chi connectivity index (χ3n) is 8.54. The molecule has 0 spiro atoms. The van der Waals surface area contributed by atoms with Crippen molar-refractivity contribution < 1.29 is 23.9 Å². The van der Waals surface area contributed by atoms with Crippen molar-refractivity contribution in [2.75, 3.05) is 54.0 Å². The second-order valence-corrected chi connectivity index (χ2v) is 12.6. The summed E-state index contributed by atoms with van der Waals surface area (Å²) in [6, 6.07) is -0.221. The van der Waals surface area contributed by atoms with Crippen LogP contribution in [0.4, 0.5) is 9.59 Å². The van der Waals surface area contributed by atoms with Crippen molar-refractivity contribution in [1.82, 2.24) is 20.4 Å². The SMILES string of the molecule is CCCCCCCCCCCCCCCCCCNC(=O)N1CC(C(=O)OC)CCC1CCOC(=O)NCCCN(C)C. The zero-order chi connectivity index (χ0) is 31.5. The Hall–Kier alpha value is -2.03. The average Bonchev–Trinajstić information content (AvgIpc) is 3.00. The van der Waals surface area contributed by atoms with Gasteiger partial charge in [-0.2, -0.15) is 0 Å². The predicted octanol–water partition coefficient (Wildman–Crippen LogP) is 7.28. The summed E-state index contributed by atoms with van der Waals surface area (Å²) in [4.78, 5) is 41.1. The van der Waals surface area contributed by atoms with Gasteiger partial charge in [0.15, 0.2) is 0 Å². The van der Waals surface area contributed by atoms with Gasteiger partial charge in [0.2, 0.25) is 0 Å². The number of ether oxygens (including phenoxy) is 2. The first kappa shape index (κ1) is 39.0. The number of nitrogens with one attached hydrogen (secondary N) is 2. The van der Waals surface area contributed by atoms with Crippen LogP contribution in [0.3, 0.4) is 0 Å². The van der Waals surface area contributed by atoms with Crippen LogP contribution >= 0.6 is 0 Å². The molecule has 0 aliphatic carbocycles. The van der Waals surface area contributed by atoms with Crippen molar-refractivity contribution in [1.29, 1.82) is 0 Å². The molecule has 9 nitrogen and oxygen atoms in total. The highest BCUT2D eigenvalue weighted by Crippen LogP contribution is 2.25. The second kappa shape index (κ2) is 26.4. The van der Waals surface area contributed by atoms with Crippen LogP contribution in [0.1, 0.15) is 135 Å². The van der Waals surface area contributed by atoms with E-state index in [1.807, 2.05) is 14.1 Å². The lowest BCUT2D eigenvalue weighted by molar-refractivity contribution is -0.147. The van der Waals surface area contributed by atoms with Gasteiger partial charge in [0, 0.05) is 32.1 Å². The minimum absolute atomic E-state index is 0.0757. The Morgan fingerprint density at radius 1 is 0.744 bits per heavy atom. The Morgan fingerprint density at radius 3 is 1.81 bits per heavy atom. The summed E-state index contributed by atoms with van der Waals surface area (Å²) in [5.74, 6) is -0.592. The normalized spacial score (nSPS) is 16.7. The number of alkyl carbamates (subject to hydrolysis) is 1. The van der Waals surface area contributed by atoms with Crippen LogP contribution in [0.5, 0.6) is 0 Å². The highest BCUT2D eigenvalue weighted by Gasteiger charge is 2.35. The van der Waals surface area contributed by atoms with Crippen LogP contribution in [-0.2, 0) is 14.3 Å². The highest BCUT2D eigenvalue weighted by molar-refractivity contribution is 5.77. The van der Waals surface area contributed by atoms with Crippen LogP contribution < -0.4 is 10.6 Å². The summed E-state index contributed by atoms with van der Waals surface area (Å²) in [5, 5.41) is 5.83. The van der Waals surface area contributed by atoms with E-state index in [9.17, 15) is 14.4 Å². The smallest absolute Gasteiger partial charge is 0.407 e. The summed E-state index contributed by atoms with van der Waals surface area (Å²) >= 11 is 0. The Morgan fingerprint density at radius 2 is 1.28 bits per heavy atom. The zero-order valence-corrected chi connectivity index (χ0v) is 28.3. The first-order chi connectivity index (χ1) is 20.9. The van der Waals surface area contributed by atoms with Gasteiger partial charge in [0.25, 0.3) is 0 Å². The fraction of sp³-hybridized carbons (Fsp3) is 0.912. The summed E-state index contributed by atoms with van der Waals surface area (Å²) < 4.78 is 10.3. The fourth-order valence-electron chi connectivity index (χ4n) is 5.83. The zero-order valence-electron chi connectivity index (χ0n) is 28.3. The number of piperidine rings is 1.